The fraction of sp³-hybridized carbons (Fsp3) is 0.0769. The number of hydrogen-bond acceptors (Lipinski definition) is 6. The molecular formula is C26H19F3N2O5. The molecule has 3 N–H and O–H groups in total. The Morgan fingerprint density at radius 2 is 1.64 bits per heavy atom. The maximum atomic E-state index is 12.3. The second kappa shape index (κ2) is 10.3. The van der Waals surface area contributed by atoms with Crippen molar-refractivity contribution < 1.29 is 37.7 Å². The second-order valence-electron chi connectivity index (χ2n) is 7.58. The van der Waals surface area contributed by atoms with Gasteiger partial charge in [-0.25, -0.2) is 5.43 Å². The van der Waals surface area contributed by atoms with Gasteiger partial charge in [-0.05, 0) is 53.4 Å². The molecule has 0 heterocycles. The Morgan fingerprint density at radius 1 is 0.917 bits per heavy atom. The van der Waals surface area contributed by atoms with Crippen LogP contribution < -0.4 is 14.9 Å². The Hall–Kier alpha value is -4.73. The Labute approximate surface area is 203 Å². The molecule has 0 bridgehead atoms. The number of nitrogens with zero attached hydrogens (tertiary/aromatic N) is 1. The second-order valence-corrected chi connectivity index (χ2v) is 7.58. The maximum absolute atomic E-state index is 12.3. The largest absolute Gasteiger partial charge is 0.573 e. The number of nitrogens with one attached hydrogen (secondary N) is 1. The van der Waals surface area contributed by atoms with Crippen LogP contribution in [-0.4, -0.2) is 28.7 Å². The third-order valence-electron chi connectivity index (χ3n) is 5.08. The van der Waals surface area contributed by atoms with Crippen LogP contribution in [0.2, 0.25) is 0 Å². The van der Waals surface area contributed by atoms with Gasteiger partial charge in [0.15, 0.2) is 11.5 Å². The minimum atomic E-state index is -4.75. The summed E-state index contributed by atoms with van der Waals surface area (Å²) in [5, 5.41) is 24.4. The van der Waals surface area contributed by atoms with Gasteiger partial charge in [-0.1, -0.05) is 36.4 Å². The predicted molar refractivity (Wildman–Crippen MR) is 126 cm³/mol. The molecule has 1 amide bonds. The molecule has 0 saturated heterocycles. The molecule has 0 radical (unpaired) electrons. The maximum Gasteiger partial charge on any atom is 0.573 e. The number of benzene rings is 4. The molecule has 4 aromatic carbocycles. The SMILES string of the molecule is O=C(N/N=C/c1ccc(OCc2ccc(OC(F)(F)F)cc2)c2ccccc12)c1ccc(O)c(O)c1. The number of alkyl halides is 3. The lowest BCUT2D eigenvalue weighted by atomic mass is 10.0. The molecule has 0 atom stereocenters. The summed E-state index contributed by atoms with van der Waals surface area (Å²) in [5.41, 5.74) is 3.83. The lowest BCUT2D eigenvalue weighted by Gasteiger charge is -2.12. The lowest BCUT2D eigenvalue weighted by molar-refractivity contribution is -0.274. The minimum absolute atomic E-state index is 0.119. The number of fused-ring (bicyclic) bond motifs is 1. The molecule has 0 aliphatic rings. The predicted octanol–water partition coefficient (Wildman–Crippen LogP) is 5.49. The molecule has 4 aromatic rings. The molecule has 36 heavy (non-hydrogen) atoms. The first-order chi connectivity index (χ1) is 17.2. The van der Waals surface area contributed by atoms with Crippen molar-refractivity contribution in [3.63, 3.8) is 0 Å². The van der Waals surface area contributed by atoms with Gasteiger partial charge in [-0.3, -0.25) is 4.79 Å². The molecule has 4 rings (SSSR count). The fourth-order valence-electron chi connectivity index (χ4n) is 3.37. The van der Waals surface area contributed by atoms with Crippen LogP contribution in [0.1, 0.15) is 21.5 Å². The van der Waals surface area contributed by atoms with Gasteiger partial charge in [0, 0.05) is 16.5 Å². The van der Waals surface area contributed by atoms with E-state index in [0.717, 1.165) is 16.8 Å². The summed E-state index contributed by atoms with van der Waals surface area (Å²) in [6.45, 7) is 0.124. The standard InChI is InChI=1S/C26H19F3N2O5/c27-26(28,29)36-19-9-5-16(6-10-19)15-35-24-12-8-18(20-3-1-2-4-21(20)24)14-30-31-25(34)17-7-11-22(32)23(33)13-17/h1-14,32-33H,15H2,(H,31,34)/b30-14+. The molecule has 0 aliphatic carbocycles. The molecule has 0 saturated carbocycles. The van der Waals surface area contributed by atoms with Gasteiger partial charge in [-0.15, -0.1) is 13.2 Å². The van der Waals surface area contributed by atoms with Crippen molar-refractivity contribution in [1.82, 2.24) is 5.43 Å². The minimum Gasteiger partial charge on any atom is -0.504 e. The molecule has 0 aromatic heterocycles. The number of rotatable bonds is 7. The Kier molecular flexibility index (Phi) is 6.95. The van der Waals surface area contributed by atoms with E-state index in [1.54, 1.807) is 12.1 Å². The monoisotopic (exact) mass is 496 g/mol. The number of amides is 1. The molecule has 0 fully saturated rings. The number of hydrazone groups is 1. The molecule has 10 heteroatoms. The highest BCUT2D eigenvalue weighted by Crippen LogP contribution is 2.29. The summed E-state index contributed by atoms with van der Waals surface area (Å²) in [5.74, 6) is -1.08. The average Bonchev–Trinajstić information content (AvgIpc) is 2.85. The summed E-state index contributed by atoms with van der Waals surface area (Å²) in [4.78, 5) is 12.2. The zero-order chi connectivity index (χ0) is 25.7. The van der Waals surface area contributed by atoms with Gasteiger partial charge in [0.1, 0.15) is 18.1 Å². The van der Waals surface area contributed by atoms with Crippen LogP contribution in [0.15, 0.2) is 84.0 Å². The quantitative estimate of drug-likeness (QED) is 0.178. The Balaban J connectivity index is 1.45. The summed E-state index contributed by atoms with van der Waals surface area (Å²) < 4.78 is 46.7. The number of carbonyl (C=O) groups excluding carboxylic acids is 1. The van der Waals surface area contributed by atoms with Crippen LogP contribution in [0.25, 0.3) is 10.8 Å². The zero-order valence-corrected chi connectivity index (χ0v) is 18.5. The third kappa shape index (κ3) is 6.03. The van der Waals surface area contributed by atoms with Gasteiger partial charge in [0.05, 0.1) is 6.21 Å². The normalized spacial score (nSPS) is 11.5. The van der Waals surface area contributed by atoms with Crippen molar-refractivity contribution in [2.45, 2.75) is 13.0 Å². The van der Waals surface area contributed by atoms with E-state index in [2.05, 4.69) is 15.3 Å². The van der Waals surface area contributed by atoms with Crippen molar-refractivity contribution in [3.8, 4) is 23.0 Å². The van der Waals surface area contributed by atoms with Crippen molar-refractivity contribution >= 4 is 22.9 Å². The Bertz CT molecular complexity index is 1420. The number of ether oxygens (including phenoxy) is 2. The number of halogens is 3. The van der Waals surface area contributed by atoms with Crippen LogP contribution in [-0.2, 0) is 6.61 Å². The number of phenols is 2. The van der Waals surface area contributed by atoms with Crippen LogP contribution in [0.5, 0.6) is 23.0 Å². The number of carbonyl (C=O) groups is 1. The molecular weight excluding hydrogens is 477 g/mol. The first-order valence-electron chi connectivity index (χ1n) is 10.5. The van der Waals surface area contributed by atoms with Gasteiger partial charge in [-0.2, -0.15) is 5.10 Å². The summed E-state index contributed by atoms with van der Waals surface area (Å²) in [7, 11) is 0. The van der Waals surface area contributed by atoms with Gasteiger partial charge >= 0.3 is 6.36 Å². The van der Waals surface area contributed by atoms with Crippen molar-refractivity contribution in [2.24, 2.45) is 5.10 Å². The van der Waals surface area contributed by atoms with Crippen LogP contribution in [0.3, 0.4) is 0 Å². The number of hydrogen-bond donors (Lipinski definition) is 3. The van der Waals surface area contributed by atoms with E-state index in [0.29, 0.717) is 16.9 Å². The highest BCUT2D eigenvalue weighted by Gasteiger charge is 2.30. The topological polar surface area (TPSA) is 100 Å². The smallest absolute Gasteiger partial charge is 0.504 e. The molecule has 0 spiro atoms. The number of aromatic hydroxyl groups is 2. The van der Waals surface area contributed by atoms with Gasteiger partial charge < -0.3 is 19.7 Å². The van der Waals surface area contributed by atoms with Crippen LogP contribution in [0, 0.1) is 0 Å². The number of phenolic OH excluding ortho intramolecular Hbond substituents is 2. The van der Waals surface area contributed by atoms with E-state index >= 15 is 0 Å². The van der Waals surface area contributed by atoms with Gasteiger partial charge in [0.25, 0.3) is 5.91 Å². The van der Waals surface area contributed by atoms with E-state index < -0.39 is 18.0 Å². The summed E-state index contributed by atoms with van der Waals surface area (Å²) >= 11 is 0. The summed E-state index contributed by atoms with van der Waals surface area (Å²) in [6.07, 6.45) is -3.29. The first-order valence-corrected chi connectivity index (χ1v) is 10.5. The van der Waals surface area contributed by atoms with Crippen molar-refractivity contribution in [3.05, 3.63) is 95.6 Å². The first kappa shape index (κ1) is 24.4. The highest BCUT2D eigenvalue weighted by molar-refractivity contribution is 6.03. The molecule has 184 valence electrons. The van der Waals surface area contributed by atoms with Gasteiger partial charge in [0.2, 0.25) is 0 Å². The van der Waals surface area contributed by atoms with Crippen LogP contribution in [0.4, 0.5) is 13.2 Å². The van der Waals surface area contributed by atoms with Crippen molar-refractivity contribution in [2.75, 3.05) is 0 Å². The fourth-order valence-corrected chi connectivity index (χ4v) is 3.37. The third-order valence-corrected chi connectivity index (χ3v) is 5.08. The van der Waals surface area contributed by atoms with E-state index in [-0.39, 0.29) is 23.7 Å². The lowest BCUT2D eigenvalue weighted by Crippen LogP contribution is -2.17. The molecule has 0 aliphatic heterocycles. The average molecular weight is 496 g/mol. The van der Waals surface area contributed by atoms with Crippen LogP contribution >= 0.6 is 0 Å². The van der Waals surface area contributed by atoms with E-state index in [9.17, 15) is 28.2 Å². The summed E-state index contributed by atoms with van der Waals surface area (Å²) in [6, 6.07) is 19.9. The molecule has 0 unspecified atom stereocenters. The Morgan fingerprint density at radius 3 is 2.33 bits per heavy atom. The van der Waals surface area contributed by atoms with E-state index in [1.165, 1.54) is 42.6 Å². The van der Waals surface area contributed by atoms with E-state index in [4.69, 9.17) is 4.74 Å². The van der Waals surface area contributed by atoms with E-state index in [1.807, 2.05) is 24.3 Å². The van der Waals surface area contributed by atoms with Crippen molar-refractivity contribution in [1.29, 1.82) is 0 Å². The molecule has 7 nitrogen and oxygen atoms in total. The zero-order valence-electron chi connectivity index (χ0n) is 18.5. The highest BCUT2D eigenvalue weighted by atomic mass is 19.4.